The summed E-state index contributed by atoms with van der Waals surface area (Å²) in [5.41, 5.74) is 0.0313. The number of ether oxygens (including phenoxy) is 1. The number of carbonyl (C=O) groups excluding carboxylic acids is 1. The first-order valence-electron chi connectivity index (χ1n) is 10.2. The number of likely N-dealkylation sites (tertiary alicyclic amines) is 1. The molecule has 6 nitrogen and oxygen atoms in total. The SMILES string of the molecule is O=C(NCC1(N2CCOCC2)CCCC1)N1CC[C@](O)(c2ccccc2)C1. The molecule has 4 rings (SSSR count). The molecule has 0 spiro atoms. The summed E-state index contributed by atoms with van der Waals surface area (Å²) >= 11 is 0. The molecular formula is C21H31N3O3. The summed E-state index contributed by atoms with van der Waals surface area (Å²) < 4.78 is 5.51. The monoisotopic (exact) mass is 373 g/mol. The Hall–Kier alpha value is -1.63. The van der Waals surface area contributed by atoms with Gasteiger partial charge in [0.05, 0.1) is 19.8 Å². The van der Waals surface area contributed by atoms with Crippen LogP contribution in [0.4, 0.5) is 4.79 Å². The van der Waals surface area contributed by atoms with Gasteiger partial charge in [0.15, 0.2) is 0 Å². The summed E-state index contributed by atoms with van der Waals surface area (Å²) in [5.74, 6) is 0. The fraction of sp³-hybridized carbons (Fsp3) is 0.667. The number of morpholine rings is 1. The molecule has 1 aromatic carbocycles. The standard InChI is InChI=1S/C21H31N3O3/c25-19(23-11-10-21(26,17-23)18-6-2-1-3-7-18)22-16-20(8-4-5-9-20)24-12-14-27-15-13-24/h1-3,6-7,26H,4-5,8-17H2,(H,22,25)/t21-/m1/s1. The van der Waals surface area contributed by atoms with Gasteiger partial charge in [-0.05, 0) is 24.8 Å². The van der Waals surface area contributed by atoms with Crippen molar-refractivity contribution in [2.45, 2.75) is 43.2 Å². The van der Waals surface area contributed by atoms with Crippen LogP contribution in [0.25, 0.3) is 0 Å². The second-order valence-electron chi connectivity index (χ2n) is 8.26. The van der Waals surface area contributed by atoms with Gasteiger partial charge in [-0.25, -0.2) is 4.79 Å². The summed E-state index contributed by atoms with van der Waals surface area (Å²) in [7, 11) is 0. The van der Waals surface area contributed by atoms with E-state index in [-0.39, 0.29) is 11.6 Å². The molecule has 0 radical (unpaired) electrons. The molecule has 3 aliphatic rings. The molecule has 2 amide bonds. The number of amides is 2. The predicted octanol–water partition coefficient (Wildman–Crippen LogP) is 1.93. The average molecular weight is 373 g/mol. The van der Waals surface area contributed by atoms with Crippen molar-refractivity contribution < 1.29 is 14.6 Å². The van der Waals surface area contributed by atoms with Crippen molar-refractivity contribution in [3.05, 3.63) is 35.9 Å². The lowest BCUT2D eigenvalue weighted by Crippen LogP contribution is -2.58. The number of nitrogens with zero attached hydrogens (tertiary/aromatic N) is 2. The highest BCUT2D eigenvalue weighted by atomic mass is 16.5. The zero-order chi connectivity index (χ0) is 18.7. The van der Waals surface area contributed by atoms with Gasteiger partial charge in [-0.3, -0.25) is 4.90 Å². The van der Waals surface area contributed by atoms with E-state index in [0.717, 1.165) is 44.7 Å². The molecule has 2 heterocycles. The van der Waals surface area contributed by atoms with Gasteiger partial charge in [-0.2, -0.15) is 0 Å². The maximum absolute atomic E-state index is 12.8. The first kappa shape index (κ1) is 18.7. The van der Waals surface area contributed by atoms with E-state index < -0.39 is 5.60 Å². The third kappa shape index (κ3) is 3.84. The average Bonchev–Trinajstić information content (AvgIpc) is 3.36. The number of benzene rings is 1. The van der Waals surface area contributed by atoms with E-state index >= 15 is 0 Å². The first-order valence-corrected chi connectivity index (χ1v) is 10.2. The zero-order valence-electron chi connectivity index (χ0n) is 16.0. The number of nitrogens with one attached hydrogen (secondary N) is 1. The lowest BCUT2D eigenvalue weighted by atomic mass is 9.93. The quantitative estimate of drug-likeness (QED) is 0.847. The molecule has 6 heteroatoms. The van der Waals surface area contributed by atoms with Crippen LogP contribution in [0, 0.1) is 0 Å². The Bertz CT molecular complexity index is 641. The largest absolute Gasteiger partial charge is 0.383 e. The number of urea groups is 1. The Morgan fingerprint density at radius 2 is 1.78 bits per heavy atom. The second-order valence-corrected chi connectivity index (χ2v) is 8.26. The molecule has 0 aromatic heterocycles. The van der Waals surface area contributed by atoms with Crippen molar-refractivity contribution in [3.63, 3.8) is 0 Å². The van der Waals surface area contributed by atoms with E-state index in [2.05, 4.69) is 10.2 Å². The van der Waals surface area contributed by atoms with E-state index in [1.807, 2.05) is 30.3 Å². The van der Waals surface area contributed by atoms with Crippen molar-refractivity contribution in [2.24, 2.45) is 0 Å². The van der Waals surface area contributed by atoms with E-state index in [9.17, 15) is 9.90 Å². The summed E-state index contributed by atoms with van der Waals surface area (Å²) in [5, 5.41) is 14.2. The van der Waals surface area contributed by atoms with Gasteiger partial charge in [-0.15, -0.1) is 0 Å². The molecule has 2 N–H and O–H groups in total. The highest BCUT2D eigenvalue weighted by Gasteiger charge is 2.42. The number of hydrogen-bond acceptors (Lipinski definition) is 4. The van der Waals surface area contributed by atoms with E-state index in [1.165, 1.54) is 12.8 Å². The van der Waals surface area contributed by atoms with Crippen molar-refractivity contribution >= 4 is 6.03 Å². The van der Waals surface area contributed by atoms with E-state index in [1.54, 1.807) is 4.90 Å². The minimum atomic E-state index is -0.937. The molecule has 3 fully saturated rings. The van der Waals surface area contributed by atoms with Gasteiger partial charge in [-0.1, -0.05) is 43.2 Å². The fourth-order valence-corrected chi connectivity index (χ4v) is 4.98. The predicted molar refractivity (Wildman–Crippen MR) is 104 cm³/mol. The van der Waals surface area contributed by atoms with Crippen LogP contribution in [0.1, 0.15) is 37.7 Å². The summed E-state index contributed by atoms with van der Waals surface area (Å²) in [6, 6.07) is 9.63. The molecular weight excluding hydrogens is 342 g/mol. The van der Waals surface area contributed by atoms with Crippen LogP contribution in [0.2, 0.25) is 0 Å². The van der Waals surface area contributed by atoms with Crippen molar-refractivity contribution in [1.82, 2.24) is 15.1 Å². The van der Waals surface area contributed by atoms with E-state index in [0.29, 0.717) is 26.1 Å². The number of hydrogen-bond donors (Lipinski definition) is 2. The highest BCUT2D eigenvalue weighted by Crippen LogP contribution is 2.36. The zero-order valence-corrected chi connectivity index (χ0v) is 16.0. The maximum Gasteiger partial charge on any atom is 0.317 e. The van der Waals surface area contributed by atoms with Gasteiger partial charge in [0, 0.05) is 31.7 Å². The molecule has 2 aliphatic heterocycles. The smallest absolute Gasteiger partial charge is 0.317 e. The lowest BCUT2D eigenvalue weighted by Gasteiger charge is -2.43. The molecule has 0 unspecified atom stereocenters. The van der Waals surface area contributed by atoms with Crippen LogP contribution < -0.4 is 5.32 Å². The molecule has 27 heavy (non-hydrogen) atoms. The summed E-state index contributed by atoms with van der Waals surface area (Å²) in [6.45, 7) is 5.10. The molecule has 1 aliphatic carbocycles. The van der Waals surface area contributed by atoms with Crippen molar-refractivity contribution in [2.75, 3.05) is 45.9 Å². The molecule has 148 valence electrons. The Labute approximate surface area is 161 Å². The van der Waals surface area contributed by atoms with Crippen LogP contribution >= 0.6 is 0 Å². The molecule has 1 saturated carbocycles. The van der Waals surface area contributed by atoms with Gasteiger partial charge < -0.3 is 20.1 Å². The lowest BCUT2D eigenvalue weighted by molar-refractivity contribution is -0.0198. The number of rotatable bonds is 4. The van der Waals surface area contributed by atoms with Crippen LogP contribution in [-0.4, -0.2) is 72.4 Å². The Morgan fingerprint density at radius 3 is 2.48 bits per heavy atom. The van der Waals surface area contributed by atoms with Gasteiger partial charge in [0.2, 0.25) is 0 Å². The van der Waals surface area contributed by atoms with E-state index in [4.69, 9.17) is 4.74 Å². The second kappa shape index (κ2) is 7.78. The topological polar surface area (TPSA) is 65.0 Å². The van der Waals surface area contributed by atoms with Gasteiger partial charge >= 0.3 is 6.03 Å². The Morgan fingerprint density at radius 1 is 1.07 bits per heavy atom. The number of carbonyl (C=O) groups is 1. The number of β-amino-alcohol motifs (C(OH)–C–C–N with tert-alkyl or cyclic N) is 1. The van der Waals surface area contributed by atoms with Crippen LogP contribution in [0.3, 0.4) is 0 Å². The summed E-state index contributed by atoms with van der Waals surface area (Å²) in [4.78, 5) is 17.1. The maximum atomic E-state index is 12.8. The van der Waals surface area contributed by atoms with Crippen LogP contribution in [0.5, 0.6) is 0 Å². The first-order chi connectivity index (χ1) is 13.1. The molecule has 0 bridgehead atoms. The van der Waals surface area contributed by atoms with Crippen LogP contribution in [-0.2, 0) is 10.3 Å². The number of aliphatic hydroxyl groups is 1. The van der Waals surface area contributed by atoms with Crippen molar-refractivity contribution in [1.29, 1.82) is 0 Å². The normalized spacial score (nSPS) is 28.4. The summed E-state index contributed by atoms with van der Waals surface area (Å²) in [6.07, 6.45) is 5.32. The molecule has 1 atom stereocenters. The molecule has 2 saturated heterocycles. The fourth-order valence-electron chi connectivity index (χ4n) is 4.98. The minimum absolute atomic E-state index is 0.0543. The Kier molecular flexibility index (Phi) is 5.39. The highest BCUT2D eigenvalue weighted by molar-refractivity contribution is 5.74. The molecule has 1 aromatic rings. The Balaban J connectivity index is 1.36. The minimum Gasteiger partial charge on any atom is -0.383 e. The van der Waals surface area contributed by atoms with Gasteiger partial charge in [0.25, 0.3) is 0 Å². The van der Waals surface area contributed by atoms with Crippen molar-refractivity contribution in [3.8, 4) is 0 Å². The van der Waals surface area contributed by atoms with Crippen LogP contribution in [0.15, 0.2) is 30.3 Å². The van der Waals surface area contributed by atoms with Gasteiger partial charge in [0.1, 0.15) is 5.60 Å². The third-order valence-corrected chi connectivity index (χ3v) is 6.63. The third-order valence-electron chi connectivity index (χ3n) is 6.63.